The van der Waals surface area contributed by atoms with E-state index in [9.17, 15) is 14.4 Å². The normalized spacial score (nSPS) is 28.5. The topological polar surface area (TPSA) is 84.9 Å². The Morgan fingerprint density at radius 2 is 1.97 bits per heavy atom. The second-order valence-electron chi connectivity index (χ2n) is 10.7. The van der Waals surface area contributed by atoms with Crippen molar-refractivity contribution in [1.29, 1.82) is 0 Å². The van der Waals surface area contributed by atoms with Crippen molar-refractivity contribution in [2.45, 2.75) is 65.4 Å². The molecule has 0 unspecified atom stereocenters. The SMILES string of the molecule is C[C@@H](C(=O)N1C(=O)O[C@@H]2Cc3ccccc3[C@@H]21)[C@H]1NC(=O)[C@H]1[C@@H](CO[SiH](C)C)C(C)(C)C. The molecule has 6 atom stereocenters. The predicted octanol–water partition coefficient (Wildman–Crippen LogP) is 3.04. The summed E-state index contributed by atoms with van der Waals surface area (Å²) in [5, 5.41) is 2.95. The Balaban J connectivity index is 1.55. The number of rotatable bonds is 6. The summed E-state index contributed by atoms with van der Waals surface area (Å²) in [4.78, 5) is 40.2. The number of β-lactam (4-membered cyclic amide) rings is 1. The molecule has 1 aromatic carbocycles. The van der Waals surface area contributed by atoms with Gasteiger partial charge in [0.2, 0.25) is 11.8 Å². The highest BCUT2D eigenvalue weighted by Gasteiger charge is 2.56. The number of fused-ring (bicyclic) bond motifs is 3. The summed E-state index contributed by atoms with van der Waals surface area (Å²) in [6, 6.07) is 7.13. The third-order valence-corrected chi connectivity index (χ3v) is 8.05. The molecule has 4 rings (SSSR count). The zero-order valence-corrected chi connectivity index (χ0v) is 20.9. The standard InChI is InChI=1S/C24H34N2O5Si/c1-13(19-18(21(27)25-19)16(24(2,3)4)12-30-32(5)6)22(28)26-20-15-10-8-7-9-14(15)11-17(20)31-23(26)29/h7-10,13,16-20,32H,11-12H2,1-6H3,(H,25,27)/t13-,16-,17-,18+,19-,20+/m1/s1. The van der Waals surface area contributed by atoms with E-state index in [0.29, 0.717) is 13.0 Å². The maximum Gasteiger partial charge on any atom is 0.417 e. The third kappa shape index (κ3) is 3.88. The van der Waals surface area contributed by atoms with Crippen LogP contribution in [0.25, 0.3) is 0 Å². The van der Waals surface area contributed by atoms with Crippen molar-refractivity contribution < 1.29 is 23.5 Å². The van der Waals surface area contributed by atoms with Gasteiger partial charge < -0.3 is 14.5 Å². The van der Waals surface area contributed by atoms with Gasteiger partial charge in [-0.3, -0.25) is 9.59 Å². The number of amides is 3. The lowest BCUT2D eigenvalue weighted by Crippen LogP contribution is -2.67. The molecule has 8 heteroatoms. The molecule has 32 heavy (non-hydrogen) atoms. The zero-order chi connectivity index (χ0) is 23.4. The van der Waals surface area contributed by atoms with E-state index in [1.165, 1.54) is 4.90 Å². The first-order valence-electron chi connectivity index (χ1n) is 11.5. The molecule has 0 aromatic heterocycles. The fourth-order valence-corrected chi connectivity index (χ4v) is 5.92. The van der Waals surface area contributed by atoms with Gasteiger partial charge in [-0.1, -0.05) is 52.0 Å². The van der Waals surface area contributed by atoms with E-state index < -0.39 is 27.1 Å². The van der Waals surface area contributed by atoms with E-state index in [-0.39, 0.29) is 41.2 Å². The van der Waals surface area contributed by atoms with Crippen molar-refractivity contribution in [3.8, 4) is 0 Å². The quantitative estimate of drug-likeness (QED) is 0.523. The summed E-state index contributed by atoms with van der Waals surface area (Å²) in [5.41, 5.74) is 1.92. The molecule has 1 aliphatic carbocycles. The summed E-state index contributed by atoms with van der Waals surface area (Å²) < 4.78 is 11.6. The van der Waals surface area contributed by atoms with Crippen molar-refractivity contribution >= 4 is 26.9 Å². The Morgan fingerprint density at radius 1 is 1.28 bits per heavy atom. The average Bonchev–Trinajstić information content (AvgIpc) is 3.21. The summed E-state index contributed by atoms with van der Waals surface area (Å²) in [5.74, 6) is -1.22. The van der Waals surface area contributed by atoms with Crippen molar-refractivity contribution in [1.82, 2.24) is 10.2 Å². The monoisotopic (exact) mass is 458 g/mol. The number of carbonyl (C=O) groups is 3. The summed E-state index contributed by atoms with van der Waals surface area (Å²) in [6.07, 6.45) is -0.305. The van der Waals surface area contributed by atoms with Crippen molar-refractivity contribution in [3.63, 3.8) is 0 Å². The van der Waals surface area contributed by atoms with Gasteiger partial charge in [0, 0.05) is 13.0 Å². The van der Waals surface area contributed by atoms with Gasteiger partial charge in [-0.15, -0.1) is 0 Å². The fourth-order valence-electron chi connectivity index (χ4n) is 5.32. The van der Waals surface area contributed by atoms with Crippen LogP contribution in [0.4, 0.5) is 4.79 Å². The molecule has 174 valence electrons. The Labute approximate surface area is 191 Å². The largest absolute Gasteiger partial charge is 0.443 e. The first kappa shape index (κ1) is 23.0. The minimum Gasteiger partial charge on any atom is -0.443 e. The number of nitrogens with zero attached hydrogens (tertiary/aromatic N) is 1. The van der Waals surface area contributed by atoms with Crippen molar-refractivity contribution in [2.24, 2.45) is 23.2 Å². The maximum atomic E-state index is 13.6. The van der Waals surface area contributed by atoms with E-state index in [1.54, 1.807) is 6.92 Å². The van der Waals surface area contributed by atoms with Crippen LogP contribution in [0, 0.1) is 23.2 Å². The molecule has 0 bridgehead atoms. The fraction of sp³-hybridized carbons (Fsp3) is 0.625. The van der Waals surface area contributed by atoms with Gasteiger partial charge in [-0.25, -0.2) is 9.69 Å². The number of ether oxygens (including phenoxy) is 1. The highest BCUT2D eigenvalue weighted by Crippen LogP contribution is 2.45. The third-order valence-electron chi connectivity index (χ3n) is 7.19. The van der Waals surface area contributed by atoms with Crippen molar-refractivity contribution in [3.05, 3.63) is 35.4 Å². The number of imide groups is 1. The van der Waals surface area contributed by atoms with E-state index in [0.717, 1.165) is 11.1 Å². The van der Waals surface area contributed by atoms with Gasteiger partial charge in [0.25, 0.3) is 0 Å². The van der Waals surface area contributed by atoms with Gasteiger partial charge in [0.15, 0.2) is 9.04 Å². The van der Waals surface area contributed by atoms with Crippen LogP contribution in [-0.4, -0.2) is 50.6 Å². The second kappa shape index (κ2) is 8.30. The van der Waals surface area contributed by atoms with E-state index in [2.05, 4.69) is 39.2 Å². The Bertz CT molecular complexity index is 927. The minimum atomic E-state index is -1.25. The summed E-state index contributed by atoms with van der Waals surface area (Å²) >= 11 is 0. The Morgan fingerprint density at radius 3 is 2.59 bits per heavy atom. The second-order valence-corrected chi connectivity index (χ2v) is 13.1. The highest BCUT2D eigenvalue weighted by atomic mass is 28.3. The van der Waals surface area contributed by atoms with Crippen LogP contribution in [-0.2, 0) is 25.2 Å². The van der Waals surface area contributed by atoms with Crippen LogP contribution in [0.2, 0.25) is 13.1 Å². The molecule has 0 spiro atoms. The molecule has 3 amide bonds. The average molecular weight is 459 g/mol. The van der Waals surface area contributed by atoms with Gasteiger partial charge in [-0.05, 0) is 35.6 Å². The summed E-state index contributed by atoms with van der Waals surface area (Å²) in [6.45, 7) is 12.9. The lowest BCUT2D eigenvalue weighted by molar-refractivity contribution is -0.149. The van der Waals surface area contributed by atoms with E-state index >= 15 is 0 Å². The molecule has 0 saturated carbocycles. The molecular weight excluding hydrogens is 424 g/mol. The Kier molecular flexibility index (Phi) is 5.96. The Hall–Kier alpha value is -2.19. The molecule has 2 saturated heterocycles. The minimum absolute atomic E-state index is 0.0168. The van der Waals surface area contributed by atoms with Crippen LogP contribution in [0.3, 0.4) is 0 Å². The summed E-state index contributed by atoms with van der Waals surface area (Å²) in [7, 11) is -1.25. The lowest BCUT2D eigenvalue weighted by Gasteiger charge is -2.48. The molecule has 0 radical (unpaired) electrons. The van der Waals surface area contributed by atoms with Gasteiger partial charge >= 0.3 is 6.09 Å². The number of nitrogens with one attached hydrogen (secondary N) is 1. The van der Waals surface area contributed by atoms with E-state index in [1.807, 2.05) is 24.3 Å². The predicted molar refractivity (Wildman–Crippen MR) is 122 cm³/mol. The molecular formula is C24H34N2O5Si. The first-order chi connectivity index (χ1) is 15.0. The molecule has 1 aromatic rings. The molecule has 1 N–H and O–H groups in total. The molecule has 7 nitrogen and oxygen atoms in total. The maximum absolute atomic E-state index is 13.6. The van der Waals surface area contributed by atoms with Gasteiger partial charge in [-0.2, -0.15) is 0 Å². The number of hydrogen-bond acceptors (Lipinski definition) is 5. The van der Waals surface area contributed by atoms with Crippen LogP contribution in [0.15, 0.2) is 24.3 Å². The van der Waals surface area contributed by atoms with Crippen molar-refractivity contribution in [2.75, 3.05) is 6.61 Å². The first-order valence-corrected chi connectivity index (χ1v) is 14.3. The van der Waals surface area contributed by atoms with Gasteiger partial charge in [0.05, 0.1) is 17.9 Å². The van der Waals surface area contributed by atoms with Crippen LogP contribution >= 0.6 is 0 Å². The molecule has 2 fully saturated rings. The number of hydrogen-bond donors (Lipinski definition) is 1. The highest BCUT2D eigenvalue weighted by molar-refractivity contribution is 6.48. The smallest absolute Gasteiger partial charge is 0.417 e. The lowest BCUT2D eigenvalue weighted by atomic mass is 9.65. The van der Waals surface area contributed by atoms with Gasteiger partial charge in [0.1, 0.15) is 12.1 Å². The van der Waals surface area contributed by atoms with Crippen LogP contribution < -0.4 is 5.32 Å². The zero-order valence-electron chi connectivity index (χ0n) is 19.8. The van der Waals surface area contributed by atoms with E-state index in [4.69, 9.17) is 9.16 Å². The molecule has 3 aliphatic rings. The van der Waals surface area contributed by atoms with Crippen LogP contribution in [0.1, 0.15) is 44.9 Å². The molecule has 2 heterocycles. The number of carbonyl (C=O) groups excluding carboxylic acids is 3. The van der Waals surface area contributed by atoms with Crippen LogP contribution in [0.5, 0.6) is 0 Å². The number of benzene rings is 1. The molecule has 2 aliphatic heterocycles.